The van der Waals surface area contributed by atoms with Crippen LogP contribution in [-0.2, 0) is 4.74 Å². The van der Waals surface area contributed by atoms with E-state index >= 15 is 0 Å². The summed E-state index contributed by atoms with van der Waals surface area (Å²) in [5, 5.41) is 0. The number of rotatable bonds is 3. The lowest BCUT2D eigenvalue weighted by Crippen LogP contribution is -2.43. The molecule has 2 aromatic rings. The molecule has 0 unspecified atom stereocenters. The van der Waals surface area contributed by atoms with Crippen molar-refractivity contribution in [3.63, 3.8) is 0 Å². The smallest absolute Gasteiger partial charge is 0.225 e. The van der Waals surface area contributed by atoms with Gasteiger partial charge in [0.2, 0.25) is 11.8 Å². The van der Waals surface area contributed by atoms with Gasteiger partial charge < -0.3 is 14.4 Å². The summed E-state index contributed by atoms with van der Waals surface area (Å²) in [5.41, 5.74) is 0. The summed E-state index contributed by atoms with van der Waals surface area (Å²) in [4.78, 5) is 15.2. The van der Waals surface area contributed by atoms with Crippen molar-refractivity contribution in [3.8, 4) is 5.88 Å². The first-order valence-corrected chi connectivity index (χ1v) is 7.65. The van der Waals surface area contributed by atoms with Gasteiger partial charge in [0.1, 0.15) is 12.2 Å². The van der Waals surface area contributed by atoms with E-state index in [1.165, 1.54) is 0 Å². The van der Waals surface area contributed by atoms with E-state index in [0.29, 0.717) is 5.88 Å². The third-order valence-electron chi connectivity index (χ3n) is 4.20. The maximum absolute atomic E-state index is 6.06. The average molecular weight is 298 g/mol. The fourth-order valence-electron chi connectivity index (χ4n) is 3.25. The van der Waals surface area contributed by atoms with Crippen LogP contribution in [0, 0.1) is 0 Å². The topological polar surface area (TPSA) is 60.4 Å². The van der Waals surface area contributed by atoms with Crippen LogP contribution in [0.3, 0.4) is 0 Å². The van der Waals surface area contributed by atoms with Crippen molar-refractivity contribution < 1.29 is 9.47 Å². The molecule has 4 heterocycles. The Labute approximate surface area is 129 Å². The summed E-state index contributed by atoms with van der Waals surface area (Å²) in [6, 6.07) is 7.78. The predicted molar refractivity (Wildman–Crippen MR) is 80.8 cm³/mol. The highest BCUT2D eigenvalue weighted by atomic mass is 16.5. The van der Waals surface area contributed by atoms with Gasteiger partial charge in [0.05, 0.1) is 12.6 Å². The third kappa shape index (κ3) is 2.50. The molecule has 6 heteroatoms. The molecule has 0 aromatic carbocycles. The zero-order valence-electron chi connectivity index (χ0n) is 12.2. The maximum Gasteiger partial charge on any atom is 0.225 e. The lowest BCUT2D eigenvalue weighted by Gasteiger charge is -2.31. The first kappa shape index (κ1) is 13.5. The van der Waals surface area contributed by atoms with Gasteiger partial charge in [-0.3, -0.25) is 0 Å². The van der Waals surface area contributed by atoms with E-state index in [0.717, 1.165) is 31.9 Å². The van der Waals surface area contributed by atoms with Crippen LogP contribution in [0.15, 0.2) is 42.9 Å². The number of aromatic nitrogens is 3. The number of ether oxygens (including phenoxy) is 2. The minimum absolute atomic E-state index is 0.0413. The van der Waals surface area contributed by atoms with Crippen LogP contribution in [-0.4, -0.2) is 46.4 Å². The average Bonchev–Trinajstić information content (AvgIpc) is 2.96. The van der Waals surface area contributed by atoms with Gasteiger partial charge in [-0.25, -0.2) is 15.0 Å². The molecule has 0 amide bonds. The number of anilines is 1. The lowest BCUT2D eigenvalue weighted by atomic mass is 10.0. The summed E-state index contributed by atoms with van der Waals surface area (Å²) >= 11 is 0. The molecule has 4 rings (SSSR count). The molecule has 0 saturated carbocycles. The first-order valence-electron chi connectivity index (χ1n) is 7.65. The van der Waals surface area contributed by atoms with E-state index in [9.17, 15) is 0 Å². The number of fused-ring (bicyclic) bond motifs is 1. The molecule has 22 heavy (non-hydrogen) atoms. The molecule has 2 aliphatic heterocycles. The van der Waals surface area contributed by atoms with Gasteiger partial charge in [0.25, 0.3) is 0 Å². The quantitative estimate of drug-likeness (QED) is 0.859. The predicted octanol–water partition coefficient (Wildman–Crippen LogP) is 1.69. The Balaban J connectivity index is 1.58. The summed E-state index contributed by atoms with van der Waals surface area (Å²) in [7, 11) is 0. The van der Waals surface area contributed by atoms with Crippen LogP contribution in [0.1, 0.15) is 12.8 Å². The van der Waals surface area contributed by atoms with E-state index < -0.39 is 0 Å². The molecule has 0 N–H and O–H groups in total. The second kappa shape index (κ2) is 5.88. The van der Waals surface area contributed by atoms with Gasteiger partial charge in [-0.15, -0.1) is 0 Å². The van der Waals surface area contributed by atoms with Gasteiger partial charge in [0.15, 0.2) is 0 Å². The van der Waals surface area contributed by atoms with Crippen LogP contribution in [0.4, 0.5) is 5.95 Å². The largest absolute Gasteiger partial charge is 0.470 e. The van der Waals surface area contributed by atoms with Gasteiger partial charge >= 0.3 is 0 Å². The minimum Gasteiger partial charge on any atom is -0.470 e. The molecular weight excluding hydrogens is 280 g/mol. The SMILES string of the molecule is c1ccc(O[C@@H]2CN(c3ncccn3)[C@@H]3CCCO[C@@H]32)nc1. The van der Waals surface area contributed by atoms with Gasteiger partial charge in [-0.2, -0.15) is 0 Å². The zero-order chi connectivity index (χ0) is 14.8. The van der Waals surface area contributed by atoms with Gasteiger partial charge in [-0.05, 0) is 25.0 Å². The fraction of sp³-hybridized carbons (Fsp3) is 0.438. The lowest BCUT2D eigenvalue weighted by molar-refractivity contribution is -0.0372. The molecule has 3 atom stereocenters. The first-order chi connectivity index (χ1) is 10.9. The normalized spacial score (nSPS) is 27.5. The van der Waals surface area contributed by atoms with Crippen molar-refractivity contribution in [3.05, 3.63) is 42.9 Å². The molecular formula is C16H18N4O2. The second-order valence-corrected chi connectivity index (χ2v) is 5.57. The van der Waals surface area contributed by atoms with E-state index in [-0.39, 0.29) is 18.2 Å². The molecule has 114 valence electrons. The van der Waals surface area contributed by atoms with Crippen LogP contribution in [0.5, 0.6) is 5.88 Å². The highest BCUT2D eigenvalue weighted by Crippen LogP contribution is 2.32. The van der Waals surface area contributed by atoms with Gasteiger partial charge in [0, 0.05) is 31.3 Å². The molecule has 0 radical (unpaired) electrons. The van der Waals surface area contributed by atoms with E-state index in [2.05, 4.69) is 19.9 Å². The Bertz CT molecular complexity index is 610. The van der Waals surface area contributed by atoms with Crippen molar-refractivity contribution in [1.29, 1.82) is 0 Å². The molecule has 2 saturated heterocycles. The number of hydrogen-bond acceptors (Lipinski definition) is 6. The van der Waals surface area contributed by atoms with Crippen LogP contribution < -0.4 is 9.64 Å². The monoisotopic (exact) mass is 298 g/mol. The van der Waals surface area contributed by atoms with Crippen molar-refractivity contribution >= 4 is 5.95 Å². The molecule has 0 spiro atoms. The summed E-state index contributed by atoms with van der Waals surface area (Å²) in [5.74, 6) is 1.38. The third-order valence-corrected chi connectivity index (χ3v) is 4.20. The maximum atomic E-state index is 6.06. The summed E-state index contributed by atoms with van der Waals surface area (Å²) in [6.07, 6.45) is 7.40. The summed E-state index contributed by atoms with van der Waals surface area (Å²) < 4.78 is 12.1. The van der Waals surface area contributed by atoms with Gasteiger partial charge in [-0.1, -0.05) is 6.07 Å². The highest BCUT2D eigenvalue weighted by Gasteiger charge is 2.46. The molecule has 6 nitrogen and oxygen atoms in total. The van der Waals surface area contributed by atoms with E-state index in [4.69, 9.17) is 9.47 Å². The standard InChI is InChI=1S/C16H18N4O2/c1-2-7-17-14(6-1)22-13-11-20(16-18-8-4-9-19-16)12-5-3-10-21-15(12)13/h1-2,4,6-9,12-13,15H,3,5,10-11H2/t12-,13-,15+/m1/s1. The second-order valence-electron chi connectivity index (χ2n) is 5.57. The Morgan fingerprint density at radius 3 is 2.77 bits per heavy atom. The number of pyridine rings is 1. The fourth-order valence-corrected chi connectivity index (χ4v) is 3.25. The van der Waals surface area contributed by atoms with Crippen LogP contribution >= 0.6 is 0 Å². The molecule has 2 aromatic heterocycles. The Morgan fingerprint density at radius 2 is 1.95 bits per heavy atom. The Hall–Kier alpha value is -2.21. The van der Waals surface area contributed by atoms with Crippen molar-refractivity contribution in [2.45, 2.75) is 31.1 Å². The van der Waals surface area contributed by atoms with E-state index in [1.54, 1.807) is 18.6 Å². The molecule has 2 fully saturated rings. The Kier molecular flexibility index (Phi) is 3.60. The zero-order valence-corrected chi connectivity index (χ0v) is 12.2. The van der Waals surface area contributed by atoms with Crippen LogP contribution in [0.2, 0.25) is 0 Å². The molecule has 0 aliphatic carbocycles. The van der Waals surface area contributed by atoms with Crippen molar-refractivity contribution in [2.75, 3.05) is 18.1 Å². The van der Waals surface area contributed by atoms with E-state index in [1.807, 2.05) is 24.3 Å². The highest BCUT2D eigenvalue weighted by molar-refractivity contribution is 5.36. The van der Waals surface area contributed by atoms with Crippen molar-refractivity contribution in [2.24, 2.45) is 0 Å². The minimum atomic E-state index is -0.0518. The summed E-state index contributed by atoms with van der Waals surface area (Å²) in [6.45, 7) is 1.50. The number of hydrogen-bond donors (Lipinski definition) is 0. The van der Waals surface area contributed by atoms with Crippen molar-refractivity contribution in [1.82, 2.24) is 15.0 Å². The molecule has 2 aliphatic rings. The Morgan fingerprint density at radius 1 is 1.09 bits per heavy atom. The molecule has 0 bridgehead atoms. The number of nitrogens with zero attached hydrogens (tertiary/aromatic N) is 4. The van der Waals surface area contributed by atoms with Crippen LogP contribution in [0.25, 0.3) is 0 Å².